The molecule has 2 nitrogen and oxygen atoms in total. The lowest BCUT2D eigenvalue weighted by Crippen LogP contribution is -2.57. The van der Waals surface area contributed by atoms with Gasteiger partial charge in [-0.05, 0) is 5.56 Å². The van der Waals surface area contributed by atoms with E-state index in [0.29, 0.717) is 0 Å². The van der Waals surface area contributed by atoms with Gasteiger partial charge in [-0.2, -0.15) is 13.2 Å². The summed E-state index contributed by atoms with van der Waals surface area (Å²) < 4.78 is 43.8. The van der Waals surface area contributed by atoms with Crippen LogP contribution in [0.15, 0.2) is 30.3 Å². The predicted octanol–water partition coefficient (Wildman–Crippen LogP) is 2.50. The van der Waals surface area contributed by atoms with E-state index in [1.54, 1.807) is 12.1 Å². The van der Waals surface area contributed by atoms with Gasteiger partial charge < -0.3 is 4.74 Å². The summed E-state index contributed by atoms with van der Waals surface area (Å²) >= 11 is 0. The van der Waals surface area contributed by atoms with Gasteiger partial charge in [0.15, 0.2) is 0 Å². The van der Waals surface area contributed by atoms with Gasteiger partial charge in [-0.3, -0.25) is 5.32 Å². The van der Waals surface area contributed by atoms with Crippen LogP contribution in [-0.2, 0) is 11.3 Å². The highest BCUT2D eigenvalue weighted by molar-refractivity contribution is 5.15. The van der Waals surface area contributed by atoms with Crippen molar-refractivity contribution >= 4 is 0 Å². The first-order chi connectivity index (χ1) is 8.04. The Morgan fingerprint density at radius 1 is 1.24 bits per heavy atom. The Labute approximate surface area is 97.8 Å². The first kappa shape index (κ1) is 12.4. The predicted molar refractivity (Wildman–Crippen MR) is 57.5 cm³/mol. The molecule has 0 saturated carbocycles. The van der Waals surface area contributed by atoms with E-state index in [-0.39, 0.29) is 26.2 Å². The number of halogens is 3. The number of hydrogen-bond donors (Lipinski definition) is 1. The van der Waals surface area contributed by atoms with Crippen LogP contribution >= 0.6 is 0 Å². The van der Waals surface area contributed by atoms with Gasteiger partial charge in [0, 0.05) is 19.6 Å². The molecule has 1 heterocycles. The van der Waals surface area contributed by atoms with Crippen molar-refractivity contribution in [1.29, 1.82) is 0 Å². The number of alkyl halides is 3. The van der Waals surface area contributed by atoms with Gasteiger partial charge in [-0.15, -0.1) is 0 Å². The highest BCUT2D eigenvalue weighted by atomic mass is 19.4. The molecule has 0 spiro atoms. The van der Waals surface area contributed by atoms with E-state index >= 15 is 0 Å². The zero-order valence-corrected chi connectivity index (χ0v) is 9.26. The van der Waals surface area contributed by atoms with Gasteiger partial charge in [0.25, 0.3) is 0 Å². The molecule has 1 aliphatic rings. The molecule has 0 amide bonds. The van der Waals surface area contributed by atoms with Crippen molar-refractivity contribution in [2.45, 2.75) is 24.7 Å². The number of benzene rings is 1. The van der Waals surface area contributed by atoms with E-state index in [1.807, 2.05) is 18.2 Å². The molecule has 2 rings (SSSR count). The molecule has 94 valence electrons. The molecule has 0 aromatic heterocycles. The monoisotopic (exact) mass is 245 g/mol. The molecule has 1 atom stereocenters. The fourth-order valence-corrected chi connectivity index (χ4v) is 1.90. The molecule has 17 heavy (non-hydrogen) atoms. The zero-order chi connectivity index (χ0) is 12.4. The summed E-state index contributed by atoms with van der Waals surface area (Å²) in [5.74, 6) is 0. The van der Waals surface area contributed by atoms with E-state index in [1.165, 1.54) is 0 Å². The maximum absolute atomic E-state index is 13.0. The van der Waals surface area contributed by atoms with E-state index in [0.717, 1.165) is 5.56 Å². The van der Waals surface area contributed by atoms with E-state index < -0.39 is 11.7 Å². The molecule has 1 unspecified atom stereocenters. The minimum atomic E-state index is -4.28. The minimum Gasteiger partial charge on any atom is -0.379 e. The molecule has 5 heteroatoms. The van der Waals surface area contributed by atoms with Crippen LogP contribution < -0.4 is 5.32 Å². The SMILES string of the molecule is FC(F)(F)C1(NCc2ccccc2)CCOC1. The lowest BCUT2D eigenvalue weighted by Gasteiger charge is -2.31. The summed E-state index contributed by atoms with van der Waals surface area (Å²) in [4.78, 5) is 0. The van der Waals surface area contributed by atoms with Crippen molar-refractivity contribution in [3.63, 3.8) is 0 Å². The van der Waals surface area contributed by atoms with Crippen LogP contribution in [0, 0.1) is 0 Å². The van der Waals surface area contributed by atoms with Crippen molar-refractivity contribution in [3.05, 3.63) is 35.9 Å². The largest absolute Gasteiger partial charge is 0.408 e. The zero-order valence-electron chi connectivity index (χ0n) is 9.26. The third-order valence-corrected chi connectivity index (χ3v) is 3.04. The lowest BCUT2D eigenvalue weighted by molar-refractivity contribution is -0.196. The summed E-state index contributed by atoms with van der Waals surface area (Å²) in [7, 11) is 0. The van der Waals surface area contributed by atoms with Crippen LogP contribution in [0.25, 0.3) is 0 Å². The summed E-state index contributed by atoms with van der Waals surface area (Å²) in [6.07, 6.45) is -4.30. The third kappa shape index (κ3) is 2.61. The molecule has 0 bridgehead atoms. The minimum absolute atomic E-state index is 0.0245. The Hall–Kier alpha value is -1.07. The highest BCUT2D eigenvalue weighted by Crippen LogP contribution is 2.36. The van der Waals surface area contributed by atoms with Crippen LogP contribution in [0.4, 0.5) is 13.2 Å². The molecular weight excluding hydrogens is 231 g/mol. The smallest absolute Gasteiger partial charge is 0.379 e. The molecule has 1 fully saturated rings. The normalized spacial score (nSPS) is 25.1. The van der Waals surface area contributed by atoms with Crippen LogP contribution in [-0.4, -0.2) is 24.9 Å². The Kier molecular flexibility index (Phi) is 3.40. The highest BCUT2D eigenvalue weighted by Gasteiger charge is 2.56. The molecule has 0 radical (unpaired) electrons. The second-order valence-corrected chi connectivity index (χ2v) is 4.22. The van der Waals surface area contributed by atoms with Gasteiger partial charge in [0.05, 0.1) is 6.61 Å². The van der Waals surface area contributed by atoms with Gasteiger partial charge in [-0.25, -0.2) is 0 Å². The maximum atomic E-state index is 13.0. The molecule has 1 N–H and O–H groups in total. The first-order valence-corrected chi connectivity index (χ1v) is 5.47. The fourth-order valence-electron chi connectivity index (χ4n) is 1.90. The van der Waals surface area contributed by atoms with Gasteiger partial charge in [0.1, 0.15) is 5.54 Å². The first-order valence-electron chi connectivity index (χ1n) is 5.47. The summed E-state index contributed by atoms with van der Waals surface area (Å²) in [5, 5.41) is 2.60. The van der Waals surface area contributed by atoms with Crippen LogP contribution in [0.1, 0.15) is 12.0 Å². The second kappa shape index (κ2) is 4.66. The van der Waals surface area contributed by atoms with E-state index in [2.05, 4.69) is 5.32 Å². The van der Waals surface area contributed by atoms with E-state index in [4.69, 9.17) is 4.74 Å². The lowest BCUT2D eigenvalue weighted by atomic mass is 9.97. The molecule has 1 aliphatic heterocycles. The van der Waals surface area contributed by atoms with Gasteiger partial charge >= 0.3 is 6.18 Å². The average Bonchev–Trinajstić information content (AvgIpc) is 2.77. The van der Waals surface area contributed by atoms with Crippen LogP contribution in [0.2, 0.25) is 0 Å². The second-order valence-electron chi connectivity index (χ2n) is 4.22. The summed E-state index contributed by atoms with van der Waals surface area (Å²) in [5.41, 5.74) is -1.05. The average molecular weight is 245 g/mol. The van der Waals surface area contributed by atoms with Crippen molar-refractivity contribution in [1.82, 2.24) is 5.32 Å². The maximum Gasteiger partial charge on any atom is 0.408 e. The van der Waals surface area contributed by atoms with Gasteiger partial charge in [-0.1, -0.05) is 30.3 Å². The standard InChI is InChI=1S/C12H14F3NO/c13-12(14,15)11(6-7-17-9-11)16-8-10-4-2-1-3-5-10/h1-5,16H,6-9H2. The van der Waals surface area contributed by atoms with Crippen molar-refractivity contribution in [2.24, 2.45) is 0 Å². The van der Waals surface area contributed by atoms with Crippen molar-refractivity contribution in [3.8, 4) is 0 Å². The van der Waals surface area contributed by atoms with Crippen molar-refractivity contribution < 1.29 is 17.9 Å². The summed E-state index contributed by atoms with van der Waals surface area (Å²) in [6, 6.07) is 9.05. The number of ether oxygens (including phenoxy) is 1. The van der Waals surface area contributed by atoms with Crippen LogP contribution in [0.5, 0.6) is 0 Å². The quantitative estimate of drug-likeness (QED) is 0.883. The Morgan fingerprint density at radius 3 is 2.47 bits per heavy atom. The Morgan fingerprint density at radius 2 is 1.94 bits per heavy atom. The molecule has 1 aromatic rings. The number of hydrogen-bond acceptors (Lipinski definition) is 2. The molecule has 1 aromatic carbocycles. The Bertz CT molecular complexity index is 358. The van der Waals surface area contributed by atoms with Gasteiger partial charge in [0.2, 0.25) is 0 Å². The molecule has 0 aliphatic carbocycles. The third-order valence-electron chi connectivity index (χ3n) is 3.04. The topological polar surface area (TPSA) is 21.3 Å². The van der Waals surface area contributed by atoms with Crippen LogP contribution in [0.3, 0.4) is 0 Å². The molecule has 1 saturated heterocycles. The summed E-state index contributed by atoms with van der Waals surface area (Å²) in [6.45, 7) is 0.0499. The fraction of sp³-hybridized carbons (Fsp3) is 0.500. The number of rotatable bonds is 3. The Balaban J connectivity index is 2.05. The number of nitrogens with one attached hydrogen (secondary N) is 1. The van der Waals surface area contributed by atoms with E-state index in [9.17, 15) is 13.2 Å². The van der Waals surface area contributed by atoms with Crippen molar-refractivity contribution in [2.75, 3.05) is 13.2 Å². The molecular formula is C12H14F3NO.